The fourth-order valence-corrected chi connectivity index (χ4v) is 3.83. The van der Waals surface area contributed by atoms with Crippen molar-refractivity contribution in [3.05, 3.63) is 29.3 Å². The molecule has 2 heteroatoms. The maximum Gasteiger partial charge on any atom is 0.119 e. The molecule has 110 valence electrons. The summed E-state index contributed by atoms with van der Waals surface area (Å²) in [6, 6.07) is 7.17. The second-order valence-electron chi connectivity index (χ2n) is 6.42. The van der Waals surface area contributed by atoms with E-state index in [4.69, 9.17) is 4.74 Å². The molecule has 1 saturated carbocycles. The summed E-state index contributed by atoms with van der Waals surface area (Å²) < 4.78 is 5.35. The van der Waals surface area contributed by atoms with Crippen LogP contribution in [-0.2, 0) is 6.42 Å². The predicted molar refractivity (Wildman–Crippen MR) is 83.3 cm³/mol. The molecule has 0 heterocycles. The molecule has 1 N–H and O–H groups in total. The third-order valence-corrected chi connectivity index (χ3v) is 5.04. The van der Waals surface area contributed by atoms with Crippen molar-refractivity contribution in [2.24, 2.45) is 5.92 Å². The highest BCUT2D eigenvalue weighted by molar-refractivity contribution is 5.39. The van der Waals surface area contributed by atoms with E-state index < -0.39 is 0 Å². The lowest BCUT2D eigenvalue weighted by molar-refractivity contribution is 0.319. The van der Waals surface area contributed by atoms with Crippen LogP contribution >= 0.6 is 0 Å². The van der Waals surface area contributed by atoms with Crippen LogP contribution in [0.3, 0.4) is 0 Å². The molecule has 1 unspecified atom stereocenters. The Balaban J connectivity index is 1.63. The van der Waals surface area contributed by atoms with Gasteiger partial charge in [0.25, 0.3) is 0 Å². The second kappa shape index (κ2) is 6.62. The van der Waals surface area contributed by atoms with Crippen molar-refractivity contribution in [3.63, 3.8) is 0 Å². The Hall–Kier alpha value is -1.02. The topological polar surface area (TPSA) is 21.3 Å². The van der Waals surface area contributed by atoms with Crippen LogP contribution in [0.25, 0.3) is 0 Å². The molecule has 2 aliphatic carbocycles. The molecule has 3 rings (SSSR count). The number of ether oxygens (including phenoxy) is 1. The van der Waals surface area contributed by atoms with Crippen molar-refractivity contribution >= 4 is 0 Å². The first kappa shape index (κ1) is 13.9. The van der Waals surface area contributed by atoms with Crippen LogP contribution in [0.1, 0.15) is 62.1 Å². The highest BCUT2D eigenvalue weighted by Gasteiger charge is 2.22. The monoisotopic (exact) mass is 273 g/mol. The Morgan fingerprint density at radius 3 is 2.75 bits per heavy atom. The van der Waals surface area contributed by atoms with E-state index in [2.05, 4.69) is 23.5 Å². The molecule has 1 fully saturated rings. The van der Waals surface area contributed by atoms with E-state index >= 15 is 0 Å². The third kappa shape index (κ3) is 3.17. The molecular weight excluding hydrogens is 246 g/mol. The van der Waals surface area contributed by atoms with E-state index in [1.165, 1.54) is 69.0 Å². The standard InChI is InChI=1S/C18H27NO/c1-20-16-10-11-17-15(12-16)8-5-9-18(17)19-13-14-6-3-2-4-7-14/h10-12,14,18-19H,2-9,13H2,1H3. The van der Waals surface area contributed by atoms with E-state index in [1.54, 1.807) is 7.11 Å². The van der Waals surface area contributed by atoms with Crippen LogP contribution in [0.2, 0.25) is 0 Å². The third-order valence-electron chi connectivity index (χ3n) is 5.04. The first-order valence-electron chi connectivity index (χ1n) is 8.27. The molecule has 1 aromatic carbocycles. The molecule has 0 aromatic heterocycles. The Bertz CT molecular complexity index is 437. The van der Waals surface area contributed by atoms with Crippen molar-refractivity contribution in [2.45, 2.75) is 57.4 Å². The number of hydrogen-bond donors (Lipinski definition) is 1. The van der Waals surface area contributed by atoms with E-state index in [9.17, 15) is 0 Å². The summed E-state index contributed by atoms with van der Waals surface area (Å²) in [5, 5.41) is 3.84. The van der Waals surface area contributed by atoms with Crippen molar-refractivity contribution < 1.29 is 4.74 Å². The van der Waals surface area contributed by atoms with E-state index in [1.807, 2.05) is 0 Å². The van der Waals surface area contributed by atoms with Gasteiger partial charge in [-0.3, -0.25) is 0 Å². The fourth-order valence-electron chi connectivity index (χ4n) is 3.83. The summed E-state index contributed by atoms with van der Waals surface area (Å²) in [5.41, 5.74) is 2.99. The maximum atomic E-state index is 5.35. The maximum absolute atomic E-state index is 5.35. The molecule has 0 amide bonds. The summed E-state index contributed by atoms with van der Waals surface area (Å²) in [6.07, 6.45) is 10.9. The van der Waals surface area contributed by atoms with Crippen LogP contribution < -0.4 is 10.1 Å². The zero-order chi connectivity index (χ0) is 13.8. The Labute approximate surface area is 122 Å². The number of rotatable bonds is 4. The van der Waals surface area contributed by atoms with Gasteiger partial charge in [0, 0.05) is 6.04 Å². The number of benzene rings is 1. The predicted octanol–water partition coefficient (Wildman–Crippen LogP) is 4.24. The van der Waals surface area contributed by atoms with Gasteiger partial charge < -0.3 is 10.1 Å². The van der Waals surface area contributed by atoms with Crippen molar-refractivity contribution in [2.75, 3.05) is 13.7 Å². The van der Waals surface area contributed by atoms with Crippen molar-refractivity contribution in [1.29, 1.82) is 0 Å². The van der Waals surface area contributed by atoms with Gasteiger partial charge in [-0.15, -0.1) is 0 Å². The van der Waals surface area contributed by atoms with Gasteiger partial charge in [-0.2, -0.15) is 0 Å². The SMILES string of the molecule is COc1ccc2c(c1)CCCC2NCC1CCCCC1. The normalized spacial score (nSPS) is 23.4. The number of nitrogens with one attached hydrogen (secondary N) is 1. The van der Waals surface area contributed by atoms with Gasteiger partial charge in [0.2, 0.25) is 0 Å². The van der Waals surface area contributed by atoms with Gasteiger partial charge in [0.05, 0.1) is 7.11 Å². The van der Waals surface area contributed by atoms with Gasteiger partial charge >= 0.3 is 0 Å². The van der Waals surface area contributed by atoms with Crippen LogP contribution in [0.4, 0.5) is 0 Å². The molecule has 20 heavy (non-hydrogen) atoms. The Morgan fingerprint density at radius 2 is 1.95 bits per heavy atom. The van der Waals surface area contributed by atoms with Gasteiger partial charge in [-0.25, -0.2) is 0 Å². The summed E-state index contributed by atoms with van der Waals surface area (Å²) in [6.45, 7) is 1.20. The minimum atomic E-state index is 0.562. The van der Waals surface area contributed by atoms with Gasteiger partial charge in [0.1, 0.15) is 5.75 Å². The second-order valence-corrected chi connectivity index (χ2v) is 6.42. The average Bonchev–Trinajstić information content (AvgIpc) is 2.53. The van der Waals surface area contributed by atoms with Gasteiger partial charge in [-0.05, 0) is 67.8 Å². The molecule has 1 aromatic rings. The Morgan fingerprint density at radius 1 is 1.10 bits per heavy atom. The van der Waals surface area contributed by atoms with Crippen LogP contribution in [0.15, 0.2) is 18.2 Å². The summed E-state index contributed by atoms with van der Waals surface area (Å²) >= 11 is 0. The molecule has 2 aliphatic rings. The first-order valence-corrected chi connectivity index (χ1v) is 8.27. The minimum absolute atomic E-state index is 0.562. The smallest absolute Gasteiger partial charge is 0.119 e. The number of fused-ring (bicyclic) bond motifs is 1. The largest absolute Gasteiger partial charge is 0.497 e. The first-order chi connectivity index (χ1) is 9.86. The van der Waals surface area contributed by atoms with Crippen molar-refractivity contribution in [3.8, 4) is 5.75 Å². The molecule has 0 bridgehead atoms. The van der Waals surface area contributed by atoms with Crippen LogP contribution in [0.5, 0.6) is 5.75 Å². The molecule has 1 atom stereocenters. The lowest BCUT2D eigenvalue weighted by atomic mass is 9.86. The molecular formula is C18H27NO. The molecule has 2 nitrogen and oxygen atoms in total. The zero-order valence-electron chi connectivity index (χ0n) is 12.7. The van der Waals surface area contributed by atoms with Crippen LogP contribution in [0, 0.1) is 5.92 Å². The summed E-state index contributed by atoms with van der Waals surface area (Å²) in [5.74, 6) is 1.91. The molecule has 0 saturated heterocycles. The summed E-state index contributed by atoms with van der Waals surface area (Å²) in [7, 11) is 1.75. The van der Waals surface area contributed by atoms with Crippen molar-refractivity contribution in [1.82, 2.24) is 5.32 Å². The van der Waals surface area contributed by atoms with E-state index in [0.29, 0.717) is 6.04 Å². The minimum Gasteiger partial charge on any atom is -0.497 e. The lowest BCUT2D eigenvalue weighted by Gasteiger charge is -2.30. The van der Waals surface area contributed by atoms with E-state index in [0.717, 1.165) is 11.7 Å². The van der Waals surface area contributed by atoms with Gasteiger partial charge in [0.15, 0.2) is 0 Å². The quantitative estimate of drug-likeness (QED) is 0.886. The molecule has 0 aliphatic heterocycles. The van der Waals surface area contributed by atoms with Gasteiger partial charge in [-0.1, -0.05) is 25.3 Å². The molecule has 0 spiro atoms. The number of methoxy groups -OCH3 is 1. The highest BCUT2D eigenvalue weighted by Crippen LogP contribution is 2.33. The zero-order valence-corrected chi connectivity index (χ0v) is 12.7. The van der Waals surface area contributed by atoms with Crippen LogP contribution in [-0.4, -0.2) is 13.7 Å². The number of aryl methyl sites for hydroxylation is 1. The van der Waals surface area contributed by atoms with E-state index in [-0.39, 0.29) is 0 Å². The fraction of sp³-hybridized carbons (Fsp3) is 0.667. The Kier molecular flexibility index (Phi) is 4.62. The average molecular weight is 273 g/mol. The number of hydrogen-bond acceptors (Lipinski definition) is 2. The molecule has 0 radical (unpaired) electrons. The highest BCUT2D eigenvalue weighted by atomic mass is 16.5. The lowest BCUT2D eigenvalue weighted by Crippen LogP contribution is -2.30. The summed E-state index contributed by atoms with van der Waals surface area (Å²) in [4.78, 5) is 0.